The van der Waals surface area contributed by atoms with Crippen LogP contribution in [0.15, 0.2) is 0 Å². The minimum Gasteiger partial charge on any atom is -0.383 e. The molecule has 92 valence electrons. The van der Waals surface area contributed by atoms with Crippen LogP contribution in [0.4, 0.5) is 5.13 Å². The van der Waals surface area contributed by atoms with Crippen molar-refractivity contribution >= 4 is 16.5 Å². The van der Waals surface area contributed by atoms with Crippen LogP contribution in [0.25, 0.3) is 0 Å². The van der Waals surface area contributed by atoms with Crippen molar-refractivity contribution in [2.75, 3.05) is 45.3 Å². The van der Waals surface area contributed by atoms with Crippen molar-refractivity contribution in [2.45, 2.75) is 13.8 Å². The highest BCUT2D eigenvalue weighted by Crippen LogP contribution is 2.23. The van der Waals surface area contributed by atoms with Crippen molar-refractivity contribution in [3.8, 4) is 0 Å². The molecule has 0 saturated heterocycles. The van der Waals surface area contributed by atoms with E-state index in [-0.39, 0.29) is 0 Å². The number of anilines is 1. The first-order valence-electron chi connectivity index (χ1n) is 5.50. The highest BCUT2D eigenvalue weighted by Gasteiger charge is 2.07. The number of likely N-dealkylation sites (N-methyl/N-ethyl adjacent to an activating group) is 1. The normalized spacial score (nSPS) is 10.8. The van der Waals surface area contributed by atoms with Gasteiger partial charge in [-0.05, 0) is 13.8 Å². The van der Waals surface area contributed by atoms with Crippen molar-refractivity contribution in [2.24, 2.45) is 0 Å². The fraction of sp³-hybridized carbons (Fsp3) is 0.727. The van der Waals surface area contributed by atoms with Gasteiger partial charge in [-0.2, -0.15) is 0 Å². The maximum Gasteiger partial charge on any atom is 0.185 e. The van der Waals surface area contributed by atoms with E-state index in [0.29, 0.717) is 0 Å². The first kappa shape index (κ1) is 13.4. The van der Waals surface area contributed by atoms with Crippen LogP contribution in [0.2, 0.25) is 0 Å². The van der Waals surface area contributed by atoms with Gasteiger partial charge in [-0.15, -0.1) is 11.3 Å². The molecular weight excluding hydrogens is 222 g/mol. The minimum absolute atomic E-state index is 0.763. The molecule has 0 aromatic carbocycles. The second kappa shape index (κ2) is 6.83. The molecule has 0 atom stereocenters. The van der Waals surface area contributed by atoms with Crippen LogP contribution < -0.4 is 10.2 Å². The van der Waals surface area contributed by atoms with Gasteiger partial charge in [0.05, 0.1) is 12.3 Å². The summed E-state index contributed by atoms with van der Waals surface area (Å²) in [5, 5.41) is 4.42. The van der Waals surface area contributed by atoms with Crippen molar-refractivity contribution < 1.29 is 4.74 Å². The van der Waals surface area contributed by atoms with E-state index in [4.69, 9.17) is 4.74 Å². The Morgan fingerprint density at radius 3 is 2.69 bits per heavy atom. The third kappa shape index (κ3) is 4.08. The first-order chi connectivity index (χ1) is 7.65. The Kier molecular flexibility index (Phi) is 5.73. The molecule has 0 radical (unpaired) electrons. The Labute approximate surface area is 102 Å². The Balaban J connectivity index is 2.27. The zero-order valence-electron chi connectivity index (χ0n) is 10.5. The smallest absolute Gasteiger partial charge is 0.185 e. The number of nitrogens with zero attached hydrogens (tertiary/aromatic N) is 2. The van der Waals surface area contributed by atoms with Crippen LogP contribution in [-0.4, -0.2) is 45.4 Å². The number of ether oxygens (including phenoxy) is 1. The average Bonchev–Trinajstić information content (AvgIpc) is 2.59. The van der Waals surface area contributed by atoms with Gasteiger partial charge in [0.15, 0.2) is 5.13 Å². The lowest BCUT2D eigenvalue weighted by Gasteiger charge is -2.15. The predicted molar refractivity (Wildman–Crippen MR) is 69.6 cm³/mol. The van der Waals surface area contributed by atoms with Gasteiger partial charge in [-0.25, -0.2) is 4.98 Å². The summed E-state index contributed by atoms with van der Waals surface area (Å²) in [4.78, 5) is 8.00. The number of methoxy groups -OCH3 is 1. The van der Waals surface area contributed by atoms with Gasteiger partial charge in [-0.1, -0.05) is 0 Å². The standard InChI is InChI=1S/C11H21N3OS/c1-9-10(2)16-11(13-9)14(3)7-5-12-6-8-15-4/h12H,5-8H2,1-4H3. The van der Waals surface area contributed by atoms with Crippen molar-refractivity contribution in [3.05, 3.63) is 10.6 Å². The molecule has 0 saturated carbocycles. The first-order valence-corrected chi connectivity index (χ1v) is 6.31. The monoisotopic (exact) mass is 243 g/mol. The maximum absolute atomic E-state index is 4.97. The van der Waals surface area contributed by atoms with E-state index in [9.17, 15) is 0 Å². The molecule has 0 bridgehead atoms. The summed E-state index contributed by atoms with van der Waals surface area (Å²) < 4.78 is 4.97. The SMILES string of the molecule is COCCNCCN(C)c1nc(C)c(C)s1. The van der Waals surface area contributed by atoms with E-state index in [1.54, 1.807) is 18.4 Å². The average molecular weight is 243 g/mol. The van der Waals surface area contributed by atoms with Gasteiger partial charge in [0.2, 0.25) is 0 Å². The summed E-state index contributed by atoms with van der Waals surface area (Å²) in [5.74, 6) is 0. The lowest BCUT2D eigenvalue weighted by molar-refractivity contribution is 0.200. The zero-order chi connectivity index (χ0) is 12.0. The van der Waals surface area contributed by atoms with E-state index < -0.39 is 0 Å². The molecular formula is C11H21N3OS. The number of rotatable bonds is 7. The van der Waals surface area contributed by atoms with Gasteiger partial charge >= 0.3 is 0 Å². The van der Waals surface area contributed by atoms with Crippen LogP contribution in [0.5, 0.6) is 0 Å². The molecule has 0 unspecified atom stereocenters. The number of thiazole rings is 1. The van der Waals surface area contributed by atoms with Crippen molar-refractivity contribution in [1.29, 1.82) is 0 Å². The molecule has 1 heterocycles. The summed E-state index contributed by atoms with van der Waals surface area (Å²) in [6.45, 7) is 7.76. The topological polar surface area (TPSA) is 37.4 Å². The Morgan fingerprint density at radius 1 is 1.38 bits per heavy atom. The molecule has 0 amide bonds. The molecule has 1 aromatic rings. The predicted octanol–water partition coefficient (Wildman–Crippen LogP) is 1.43. The van der Waals surface area contributed by atoms with Crippen LogP contribution in [-0.2, 0) is 4.74 Å². The Hall–Kier alpha value is -0.650. The third-order valence-electron chi connectivity index (χ3n) is 2.45. The van der Waals surface area contributed by atoms with Gasteiger partial charge < -0.3 is 15.0 Å². The second-order valence-electron chi connectivity index (χ2n) is 3.80. The van der Waals surface area contributed by atoms with E-state index in [1.165, 1.54) is 4.88 Å². The lowest BCUT2D eigenvalue weighted by Crippen LogP contribution is -2.30. The number of aromatic nitrogens is 1. The van der Waals surface area contributed by atoms with Gasteiger partial charge in [-0.3, -0.25) is 0 Å². The molecule has 0 aliphatic rings. The quantitative estimate of drug-likeness (QED) is 0.735. The Morgan fingerprint density at radius 2 is 2.12 bits per heavy atom. The summed E-state index contributed by atoms with van der Waals surface area (Å²) >= 11 is 1.75. The summed E-state index contributed by atoms with van der Waals surface area (Å²) in [6.07, 6.45) is 0. The van der Waals surface area contributed by atoms with E-state index in [2.05, 4.69) is 36.1 Å². The lowest BCUT2D eigenvalue weighted by atomic mass is 10.4. The molecule has 1 N–H and O–H groups in total. The minimum atomic E-state index is 0.763. The largest absolute Gasteiger partial charge is 0.383 e. The number of hydrogen-bond acceptors (Lipinski definition) is 5. The number of nitrogens with one attached hydrogen (secondary N) is 1. The number of aryl methyl sites for hydroxylation is 2. The third-order valence-corrected chi connectivity index (χ3v) is 3.64. The molecule has 0 spiro atoms. The molecule has 0 aliphatic carbocycles. The van der Waals surface area contributed by atoms with E-state index in [1.807, 2.05) is 0 Å². The summed E-state index contributed by atoms with van der Waals surface area (Å²) in [7, 11) is 3.80. The summed E-state index contributed by atoms with van der Waals surface area (Å²) in [5.41, 5.74) is 1.14. The van der Waals surface area contributed by atoms with E-state index >= 15 is 0 Å². The van der Waals surface area contributed by atoms with Crippen LogP contribution >= 0.6 is 11.3 Å². The molecule has 16 heavy (non-hydrogen) atoms. The highest BCUT2D eigenvalue weighted by atomic mass is 32.1. The molecule has 0 fully saturated rings. The zero-order valence-corrected chi connectivity index (χ0v) is 11.4. The summed E-state index contributed by atoms with van der Waals surface area (Å²) in [6, 6.07) is 0. The van der Waals surface area contributed by atoms with Gasteiger partial charge in [0.25, 0.3) is 0 Å². The molecule has 4 nitrogen and oxygen atoms in total. The van der Waals surface area contributed by atoms with Crippen LogP contribution in [0, 0.1) is 13.8 Å². The van der Waals surface area contributed by atoms with Gasteiger partial charge in [0.1, 0.15) is 0 Å². The molecule has 1 rings (SSSR count). The highest BCUT2D eigenvalue weighted by molar-refractivity contribution is 7.15. The van der Waals surface area contributed by atoms with Crippen molar-refractivity contribution in [1.82, 2.24) is 10.3 Å². The molecule has 1 aromatic heterocycles. The molecule has 5 heteroatoms. The molecule has 0 aliphatic heterocycles. The second-order valence-corrected chi connectivity index (χ2v) is 4.98. The Bertz CT molecular complexity index is 295. The van der Waals surface area contributed by atoms with E-state index in [0.717, 1.165) is 37.1 Å². The number of hydrogen-bond donors (Lipinski definition) is 1. The maximum atomic E-state index is 4.97. The van der Waals surface area contributed by atoms with Gasteiger partial charge in [0, 0.05) is 38.7 Å². The fourth-order valence-corrected chi connectivity index (χ4v) is 2.16. The van der Waals surface area contributed by atoms with Crippen LogP contribution in [0.1, 0.15) is 10.6 Å². The van der Waals surface area contributed by atoms with Crippen LogP contribution in [0.3, 0.4) is 0 Å². The fourth-order valence-electron chi connectivity index (χ4n) is 1.26. The van der Waals surface area contributed by atoms with Crippen molar-refractivity contribution in [3.63, 3.8) is 0 Å².